The second kappa shape index (κ2) is 5.33. The first-order chi connectivity index (χ1) is 8.89. The number of carbonyl (C=O) groups excluding carboxylic acids is 1. The molecular formula is C14H23N3O2. The highest BCUT2D eigenvalue weighted by Gasteiger charge is 2.33. The summed E-state index contributed by atoms with van der Waals surface area (Å²) in [6.07, 6.45) is 5.43. The van der Waals surface area contributed by atoms with Crippen LogP contribution in [0.5, 0.6) is 0 Å². The van der Waals surface area contributed by atoms with Gasteiger partial charge in [0.2, 0.25) is 0 Å². The summed E-state index contributed by atoms with van der Waals surface area (Å²) in [5.74, 6) is 0.369. The topological polar surface area (TPSA) is 67.2 Å². The molecule has 0 aromatic carbocycles. The Morgan fingerprint density at radius 3 is 3.00 bits per heavy atom. The van der Waals surface area contributed by atoms with Crippen molar-refractivity contribution in [3.05, 3.63) is 17.5 Å². The van der Waals surface area contributed by atoms with Crippen LogP contribution in [0.25, 0.3) is 0 Å². The molecule has 1 aromatic heterocycles. The Bertz CT molecular complexity index is 469. The lowest BCUT2D eigenvalue weighted by Crippen LogP contribution is -2.45. The first-order valence-corrected chi connectivity index (χ1v) is 6.90. The zero-order valence-corrected chi connectivity index (χ0v) is 11.9. The number of nitrogens with one attached hydrogen (secondary N) is 1. The van der Waals surface area contributed by atoms with Crippen molar-refractivity contribution >= 4 is 5.91 Å². The minimum Gasteiger partial charge on any atom is -0.388 e. The predicted octanol–water partition coefficient (Wildman–Crippen LogP) is 1.40. The predicted molar refractivity (Wildman–Crippen MR) is 72.9 cm³/mol. The molecule has 5 heteroatoms. The molecule has 2 rings (SSSR count). The quantitative estimate of drug-likeness (QED) is 0.868. The van der Waals surface area contributed by atoms with E-state index in [1.165, 1.54) is 0 Å². The van der Waals surface area contributed by atoms with Gasteiger partial charge in [-0.15, -0.1) is 0 Å². The molecule has 5 nitrogen and oxygen atoms in total. The SMILES string of the molecule is Cc1nn(C)cc1C(=O)NCC1(O)CCCC(C)C1. The Morgan fingerprint density at radius 1 is 1.68 bits per heavy atom. The first-order valence-electron chi connectivity index (χ1n) is 6.90. The van der Waals surface area contributed by atoms with E-state index in [1.807, 2.05) is 6.92 Å². The zero-order chi connectivity index (χ0) is 14.0. The van der Waals surface area contributed by atoms with Gasteiger partial charge in [-0.2, -0.15) is 5.10 Å². The summed E-state index contributed by atoms with van der Waals surface area (Å²) in [5.41, 5.74) is 0.544. The fraction of sp³-hybridized carbons (Fsp3) is 0.714. The molecule has 0 bridgehead atoms. The van der Waals surface area contributed by atoms with Crippen molar-refractivity contribution in [3.63, 3.8) is 0 Å². The van der Waals surface area contributed by atoms with Crippen molar-refractivity contribution in [3.8, 4) is 0 Å². The number of aromatic nitrogens is 2. The molecule has 1 fully saturated rings. The lowest BCUT2D eigenvalue weighted by Gasteiger charge is -2.35. The van der Waals surface area contributed by atoms with E-state index in [4.69, 9.17) is 0 Å². The van der Waals surface area contributed by atoms with E-state index in [-0.39, 0.29) is 5.91 Å². The molecule has 1 aromatic rings. The highest BCUT2D eigenvalue weighted by atomic mass is 16.3. The molecule has 1 saturated carbocycles. The molecule has 1 heterocycles. The van der Waals surface area contributed by atoms with Gasteiger partial charge in [-0.05, 0) is 25.7 Å². The lowest BCUT2D eigenvalue weighted by molar-refractivity contribution is -0.0109. The molecule has 0 saturated heterocycles. The number of aliphatic hydroxyl groups is 1. The molecule has 106 valence electrons. The van der Waals surface area contributed by atoms with Crippen molar-refractivity contribution in [1.29, 1.82) is 0 Å². The lowest BCUT2D eigenvalue weighted by atomic mass is 9.79. The Balaban J connectivity index is 1.95. The van der Waals surface area contributed by atoms with Crippen LogP contribution in [-0.2, 0) is 7.05 Å². The molecule has 2 unspecified atom stereocenters. The second-order valence-electron chi connectivity index (χ2n) is 5.91. The smallest absolute Gasteiger partial charge is 0.254 e. The van der Waals surface area contributed by atoms with Crippen LogP contribution in [-0.4, -0.2) is 32.9 Å². The van der Waals surface area contributed by atoms with Crippen molar-refractivity contribution in [1.82, 2.24) is 15.1 Å². The van der Waals surface area contributed by atoms with Crippen molar-refractivity contribution in [2.45, 2.75) is 45.1 Å². The Kier molecular flexibility index (Phi) is 3.94. The average Bonchev–Trinajstić information content (AvgIpc) is 2.65. The van der Waals surface area contributed by atoms with Gasteiger partial charge in [-0.1, -0.05) is 19.8 Å². The highest BCUT2D eigenvalue weighted by molar-refractivity contribution is 5.95. The molecule has 0 spiro atoms. The fourth-order valence-electron chi connectivity index (χ4n) is 2.96. The summed E-state index contributed by atoms with van der Waals surface area (Å²) in [5, 5.41) is 17.5. The molecule has 1 aliphatic carbocycles. The second-order valence-corrected chi connectivity index (χ2v) is 5.91. The zero-order valence-electron chi connectivity index (χ0n) is 11.9. The number of hydrogen-bond acceptors (Lipinski definition) is 3. The summed E-state index contributed by atoms with van der Waals surface area (Å²) in [4.78, 5) is 12.1. The maximum Gasteiger partial charge on any atom is 0.254 e. The molecule has 0 radical (unpaired) electrons. The van der Waals surface area contributed by atoms with E-state index in [0.717, 1.165) is 25.7 Å². The number of rotatable bonds is 3. The molecule has 1 aliphatic rings. The fourth-order valence-corrected chi connectivity index (χ4v) is 2.96. The highest BCUT2D eigenvalue weighted by Crippen LogP contribution is 2.31. The van der Waals surface area contributed by atoms with Crippen molar-refractivity contribution in [2.75, 3.05) is 6.54 Å². The third-order valence-corrected chi connectivity index (χ3v) is 3.90. The third-order valence-electron chi connectivity index (χ3n) is 3.90. The molecule has 2 atom stereocenters. The van der Waals surface area contributed by atoms with E-state index < -0.39 is 5.60 Å². The monoisotopic (exact) mass is 265 g/mol. The summed E-state index contributed by atoms with van der Waals surface area (Å²) in [6.45, 7) is 4.29. The van der Waals surface area contributed by atoms with Crippen LogP contribution < -0.4 is 5.32 Å². The molecule has 0 aliphatic heterocycles. The largest absolute Gasteiger partial charge is 0.388 e. The van der Waals surface area contributed by atoms with Crippen LogP contribution in [0.1, 0.15) is 48.7 Å². The van der Waals surface area contributed by atoms with Crippen molar-refractivity contribution < 1.29 is 9.90 Å². The summed E-state index contributed by atoms with van der Waals surface area (Å²) < 4.78 is 1.63. The summed E-state index contributed by atoms with van der Waals surface area (Å²) in [7, 11) is 1.79. The van der Waals surface area contributed by atoms with E-state index in [9.17, 15) is 9.90 Å². The van der Waals surface area contributed by atoms with Crippen LogP contribution >= 0.6 is 0 Å². The average molecular weight is 265 g/mol. The maximum absolute atomic E-state index is 12.1. The molecule has 1 amide bonds. The number of nitrogens with zero attached hydrogens (tertiary/aromatic N) is 2. The van der Waals surface area contributed by atoms with Crippen LogP contribution in [0.4, 0.5) is 0 Å². The van der Waals surface area contributed by atoms with Crippen LogP contribution in [0.3, 0.4) is 0 Å². The van der Waals surface area contributed by atoms with Gasteiger partial charge >= 0.3 is 0 Å². The van der Waals surface area contributed by atoms with E-state index in [0.29, 0.717) is 23.7 Å². The Hall–Kier alpha value is -1.36. The minimum absolute atomic E-state index is 0.155. The third kappa shape index (κ3) is 3.35. The Labute approximate surface area is 114 Å². The van der Waals surface area contributed by atoms with Crippen LogP contribution in [0, 0.1) is 12.8 Å². The van der Waals surface area contributed by atoms with Gasteiger partial charge in [0.1, 0.15) is 0 Å². The number of carbonyl (C=O) groups is 1. The minimum atomic E-state index is -0.747. The van der Waals surface area contributed by atoms with E-state index in [1.54, 1.807) is 17.9 Å². The normalized spacial score (nSPS) is 27.3. The molecule has 19 heavy (non-hydrogen) atoms. The Morgan fingerprint density at radius 2 is 2.42 bits per heavy atom. The summed E-state index contributed by atoms with van der Waals surface area (Å²) >= 11 is 0. The van der Waals surface area contributed by atoms with Crippen molar-refractivity contribution in [2.24, 2.45) is 13.0 Å². The number of aryl methyl sites for hydroxylation is 2. The molecular weight excluding hydrogens is 242 g/mol. The van der Waals surface area contributed by atoms with Gasteiger partial charge < -0.3 is 10.4 Å². The van der Waals surface area contributed by atoms with Gasteiger partial charge in [0.05, 0.1) is 16.9 Å². The number of hydrogen-bond donors (Lipinski definition) is 2. The van der Waals surface area contributed by atoms with Gasteiger partial charge in [0, 0.05) is 19.8 Å². The van der Waals surface area contributed by atoms with Gasteiger partial charge in [0.25, 0.3) is 5.91 Å². The van der Waals surface area contributed by atoms with E-state index in [2.05, 4.69) is 17.3 Å². The standard InChI is InChI=1S/C14H23N3O2/c1-10-5-4-6-14(19,7-10)9-15-13(18)12-8-17(3)16-11(12)2/h8,10,19H,4-7,9H2,1-3H3,(H,15,18). The van der Waals surface area contributed by atoms with Gasteiger partial charge in [0.15, 0.2) is 0 Å². The van der Waals surface area contributed by atoms with Gasteiger partial charge in [-0.3, -0.25) is 9.48 Å². The maximum atomic E-state index is 12.1. The van der Waals surface area contributed by atoms with Crippen LogP contribution in [0.15, 0.2) is 6.20 Å². The molecule has 2 N–H and O–H groups in total. The number of amides is 1. The summed E-state index contributed by atoms with van der Waals surface area (Å²) in [6, 6.07) is 0. The van der Waals surface area contributed by atoms with E-state index >= 15 is 0 Å². The van der Waals surface area contributed by atoms with Gasteiger partial charge in [-0.25, -0.2) is 0 Å². The first kappa shape index (κ1) is 14.1. The van der Waals surface area contributed by atoms with Crippen LogP contribution in [0.2, 0.25) is 0 Å².